The smallest absolute Gasteiger partial charge is 0.224 e. The van der Waals surface area contributed by atoms with Gasteiger partial charge in [-0.15, -0.1) is 11.3 Å². The number of nitrogens with two attached hydrogens (primary N) is 1. The molecular formula is C10H12ClN5S. The number of hydrogen-bond donors (Lipinski definition) is 2. The van der Waals surface area contributed by atoms with Crippen LogP contribution in [-0.2, 0) is 6.42 Å². The van der Waals surface area contributed by atoms with Crippen LogP contribution in [-0.4, -0.2) is 21.5 Å². The van der Waals surface area contributed by atoms with E-state index >= 15 is 0 Å². The first-order chi connectivity index (χ1) is 8.15. The molecule has 0 spiro atoms. The van der Waals surface area contributed by atoms with Crippen molar-refractivity contribution in [3.63, 3.8) is 0 Å². The first-order valence-electron chi connectivity index (χ1n) is 5.08. The van der Waals surface area contributed by atoms with E-state index in [4.69, 9.17) is 17.3 Å². The summed E-state index contributed by atoms with van der Waals surface area (Å²) in [4.78, 5) is 12.2. The van der Waals surface area contributed by atoms with Gasteiger partial charge in [0.05, 0.1) is 22.6 Å². The molecule has 2 aromatic heterocycles. The monoisotopic (exact) mass is 269 g/mol. The number of nitrogen functional groups attached to an aromatic ring is 1. The summed E-state index contributed by atoms with van der Waals surface area (Å²) in [6.07, 6.45) is 2.32. The summed E-state index contributed by atoms with van der Waals surface area (Å²) >= 11 is 7.33. The zero-order chi connectivity index (χ0) is 12.3. The third-order valence-electron chi connectivity index (χ3n) is 2.13. The molecule has 0 aliphatic carbocycles. The van der Waals surface area contributed by atoms with Crippen LogP contribution in [0.1, 0.15) is 10.7 Å². The van der Waals surface area contributed by atoms with E-state index in [9.17, 15) is 0 Å². The van der Waals surface area contributed by atoms with Gasteiger partial charge in [-0.1, -0.05) is 0 Å². The predicted molar refractivity (Wildman–Crippen MR) is 70.5 cm³/mol. The Morgan fingerprint density at radius 1 is 1.47 bits per heavy atom. The van der Waals surface area contributed by atoms with Crippen LogP contribution in [0.4, 0.5) is 11.5 Å². The Morgan fingerprint density at radius 2 is 2.29 bits per heavy atom. The Morgan fingerprint density at radius 3 is 3.00 bits per heavy atom. The van der Waals surface area contributed by atoms with Crippen LogP contribution in [0.15, 0.2) is 11.6 Å². The molecule has 17 heavy (non-hydrogen) atoms. The van der Waals surface area contributed by atoms with Crippen molar-refractivity contribution in [2.24, 2.45) is 0 Å². The van der Waals surface area contributed by atoms with Crippen LogP contribution in [0.5, 0.6) is 0 Å². The molecule has 0 saturated carbocycles. The van der Waals surface area contributed by atoms with Gasteiger partial charge in [0.15, 0.2) is 5.82 Å². The van der Waals surface area contributed by atoms with Crippen molar-refractivity contribution in [1.82, 2.24) is 15.0 Å². The Labute approximate surface area is 108 Å². The van der Waals surface area contributed by atoms with E-state index in [-0.39, 0.29) is 5.28 Å². The Kier molecular flexibility index (Phi) is 3.75. The van der Waals surface area contributed by atoms with Gasteiger partial charge in [-0.05, 0) is 18.5 Å². The molecule has 0 bridgehead atoms. The van der Waals surface area contributed by atoms with Gasteiger partial charge in [0.2, 0.25) is 5.28 Å². The average molecular weight is 270 g/mol. The van der Waals surface area contributed by atoms with E-state index in [1.165, 1.54) is 6.20 Å². The Bertz CT molecular complexity index is 513. The first-order valence-corrected chi connectivity index (χ1v) is 6.34. The average Bonchev–Trinajstić information content (AvgIpc) is 2.69. The largest absolute Gasteiger partial charge is 0.394 e. The number of aryl methyl sites for hydroxylation is 1. The van der Waals surface area contributed by atoms with Crippen molar-refractivity contribution in [1.29, 1.82) is 0 Å². The van der Waals surface area contributed by atoms with Crippen LogP contribution in [0.3, 0.4) is 0 Å². The highest BCUT2D eigenvalue weighted by molar-refractivity contribution is 7.09. The number of halogens is 1. The predicted octanol–water partition coefficient (Wildman–Crippen LogP) is 2.13. The van der Waals surface area contributed by atoms with Crippen LogP contribution in [0, 0.1) is 6.92 Å². The lowest BCUT2D eigenvalue weighted by Gasteiger charge is -2.06. The second-order valence-electron chi connectivity index (χ2n) is 3.48. The zero-order valence-electron chi connectivity index (χ0n) is 9.27. The minimum Gasteiger partial charge on any atom is -0.394 e. The molecule has 2 rings (SSSR count). The van der Waals surface area contributed by atoms with Gasteiger partial charge in [0.1, 0.15) is 0 Å². The van der Waals surface area contributed by atoms with Gasteiger partial charge in [0, 0.05) is 18.3 Å². The molecule has 0 radical (unpaired) electrons. The molecule has 0 aliphatic heterocycles. The second-order valence-corrected chi connectivity index (χ2v) is 4.88. The van der Waals surface area contributed by atoms with E-state index in [0.29, 0.717) is 18.1 Å². The Hall–Kier alpha value is -1.40. The number of hydrogen-bond acceptors (Lipinski definition) is 6. The highest BCUT2D eigenvalue weighted by Gasteiger charge is 2.03. The van der Waals surface area contributed by atoms with Gasteiger partial charge < -0.3 is 11.1 Å². The lowest BCUT2D eigenvalue weighted by Crippen LogP contribution is -2.09. The summed E-state index contributed by atoms with van der Waals surface area (Å²) in [5, 5.41) is 6.42. The van der Waals surface area contributed by atoms with Crippen molar-refractivity contribution >= 4 is 34.4 Å². The fourth-order valence-corrected chi connectivity index (χ4v) is 2.12. The summed E-state index contributed by atoms with van der Waals surface area (Å²) in [6, 6.07) is 0. The first kappa shape index (κ1) is 12.1. The molecule has 0 unspecified atom stereocenters. The summed E-state index contributed by atoms with van der Waals surface area (Å²) in [5.41, 5.74) is 7.27. The molecule has 7 heteroatoms. The molecule has 0 aliphatic rings. The summed E-state index contributed by atoms with van der Waals surface area (Å²) < 4.78 is 0. The summed E-state index contributed by atoms with van der Waals surface area (Å²) in [6.45, 7) is 2.70. The zero-order valence-corrected chi connectivity index (χ0v) is 10.8. The number of anilines is 2. The number of rotatable bonds is 4. The van der Waals surface area contributed by atoms with Gasteiger partial charge in [-0.25, -0.2) is 9.97 Å². The minimum atomic E-state index is 0.186. The lowest BCUT2D eigenvalue weighted by molar-refractivity contribution is 0.958. The van der Waals surface area contributed by atoms with Crippen molar-refractivity contribution in [3.8, 4) is 0 Å². The molecule has 3 N–H and O–H groups in total. The van der Waals surface area contributed by atoms with E-state index in [0.717, 1.165) is 17.1 Å². The standard InChI is InChI=1S/C10H12ClN5S/c1-6-15-7(5-17-6)2-3-13-9-8(12)4-14-10(11)16-9/h4-5H,2-3,12H2,1H3,(H,13,14,16). The number of thiazole rings is 1. The maximum absolute atomic E-state index is 5.71. The summed E-state index contributed by atoms with van der Waals surface area (Å²) in [7, 11) is 0. The van der Waals surface area contributed by atoms with Crippen molar-refractivity contribution in [2.75, 3.05) is 17.6 Å². The third kappa shape index (κ3) is 3.28. The molecule has 0 aromatic carbocycles. The van der Waals surface area contributed by atoms with Crippen molar-refractivity contribution < 1.29 is 0 Å². The molecule has 90 valence electrons. The molecule has 0 saturated heterocycles. The molecule has 0 atom stereocenters. The van der Waals surface area contributed by atoms with Crippen LogP contribution >= 0.6 is 22.9 Å². The topological polar surface area (TPSA) is 76.7 Å². The number of aromatic nitrogens is 3. The maximum Gasteiger partial charge on any atom is 0.224 e. The van der Waals surface area contributed by atoms with Crippen LogP contribution in [0.2, 0.25) is 5.28 Å². The highest BCUT2D eigenvalue weighted by atomic mass is 35.5. The fourth-order valence-electron chi connectivity index (χ4n) is 1.34. The highest BCUT2D eigenvalue weighted by Crippen LogP contribution is 2.16. The van der Waals surface area contributed by atoms with E-state index in [1.54, 1.807) is 11.3 Å². The van der Waals surface area contributed by atoms with Crippen molar-refractivity contribution in [2.45, 2.75) is 13.3 Å². The molecule has 0 fully saturated rings. The quantitative estimate of drug-likeness (QED) is 0.832. The number of nitrogens with one attached hydrogen (secondary N) is 1. The van der Waals surface area contributed by atoms with Gasteiger partial charge in [-0.3, -0.25) is 0 Å². The lowest BCUT2D eigenvalue weighted by atomic mass is 10.3. The molecule has 5 nitrogen and oxygen atoms in total. The molecule has 2 aromatic rings. The van der Waals surface area contributed by atoms with E-state index in [1.807, 2.05) is 12.3 Å². The fraction of sp³-hybridized carbons (Fsp3) is 0.300. The number of nitrogens with zero attached hydrogens (tertiary/aromatic N) is 3. The maximum atomic E-state index is 5.71. The molecule has 2 heterocycles. The van der Waals surface area contributed by atoms with E-state index in [2.05, 4.69) is 20.3 Å². The Balaban J connectivity index is 1.91. The van der Waals surface area contributed by atoms with Crippen LogP contribution in [0.25, 0.3) is 0 Å². The second kappa shape index (κ2) is 5.29. The van der Waals surface area contributed by atoms with Crippen LogP contribution < -0.4 is 11.1 Å². The molecule has 0 amide bonds. The van der Waals surface area contributed by atoms with E-state index < -0.39 is 0 Å². The van der Waals surface area contributed by atoms with Gasteiger partial charge in [-0.2, -0.15) is 4.98 Å². The van der Waals surface area contributed by atoms with Gasteiger partial charge >= 0.3 is 0 Å². The van der Waals surface area contributed by atoms with Crippen molar-refractivity contribution in [3.05, 3.63) is 27.6 Å². The third-order valence-corrected chi connectivity index (χ3v) is 3.13. The van der Waals surface area contributed by atoms with Gasteiger partial charge in [0.25, 0.3) is 0 Å². The SMILES string of the molecule is Cc1nc(CCNc2nc(Cl)ncc2N)cs1. The minimum absolute atomic E-state index is 0.186. The molecular weight excluding hydrogens is 258 g/mol. The summed E-state index contributed by atoms with van der Waals surface area (Å²) in [5.74, 6) is 0.567. The normalized spacial score (nSPS) is 10.5.